The fourth-order valence-electron chi connectivity index (χ4n) is 5.18. The Kier molecular flexibility index (Phi) is 7.89. The van der Waals surface area contributed by atoms with E-state index in [-0.39, 0.29) is 11.8 Å². The Morgan fingerprint density at radius 1 is 1.22 bits per heavy atom. The van der Waals surface area contributed by atoms with E-state index >= 15 is 0 Å². The second-order valence-corrected chi connectivity index (χ2v) is 10.4. The van der Waals surface area contributed by atoms with Gasteiger partial charge in [0.2, 0.25) is 5.91 Å². The van der Waals surface area contributed by atoms with Crippen LogP contribution in [0.5, 0.6) is 5.75 Å². The highest BCUT2D eigenvalue weighted by Gasteiger charge is 2.28. The molecule has 7 heteroatoms. The van der Waals surface area contributed by atoms with Crippen LogP contribution >= 0.6 is 11.3 Å². The molecule has 1 aromatic carbocycles. The molecule has 1 aromatic heterocycles. The number of ether oxygens (including phenoxy) is 1. The third kappa shape index (κ3) is 5.54. The van der Waals surface area contributed by atoms with E-state index in [1.807, 2.05) is 19.1 Å². The fourth-order valence-corrected chi connectivity index (χ4v) is 6.21. The summed E-state index contributed by atoms with van der Waals surface area (Å²) in [5.41, 5.74) is 1.00. The molecule has 0 bridgehead atoms. The molecule has 2 fully saturated rings. The third-order valence-electron chi connectivity index (χ3n) is 6.99. The first kappa shape index (κ1) is 23.3. The van der Waals surface area contributed by atoms with Crippen molar-refractivity contribution in [3.63, 3.8) is 0 Å². The number of fused-ring (bicyclic) bond motifs is 1. The van der Waals surface area contributed by atoms with Gasteiger partial charge in [0.15, 0.2) is 5.13 Å². The molecule has 1 amide bonds. The zero-order chi connectivity index (χ0) is 22.5. The summed E-state index contributed by atoms with van der Waals surface area (Å²) in [7, 11) is 0. The minimum Gasteiger partial charge on any atom is -0.494 e. The number of nitrogens with one attached hydrogen (secondary N) is 1. The summed E-state index contributed by atoms with van der Waals surface area (Å²) in [6, 6.07) is 7.41. The van der Waals surface area contributed by atoms with E-state index in [9.17, 15) is 4.79 Å². The van der Waals surface area contributed by atoms with Crippen molar-refractivity contribution in [2.45, 2.75) is 71.4 Å². The van der Waals surface area contributed by atoms with E-state index in [4.69, 9.17) is 9.72 Å². The lowest BCUT2D eigenvalue weighted by Crippen LogP contribution is -2.46. The number of thiazole rings is 1. The predicted octanol–water partition coefficient (Wildman–Crippen LogP) is 4.68. The second-order valence-electron chi connectivity index (χ2n) is 9.36. The van der Waals surface area contributed by atoms with Gasteiger partial charge in [-0.05, 0) is 71.1 Å². The van der Waals surface area contributed by atoms with Crippen molar-refractivity contribution >= 4 is 32.6 Å². The smallest absolute Gasteiger partial charge is 0.224 e. The number of carbonyl (C=O) groups is 1. The Morgan fingerprint density at radius 2 is 2.03 bits per heavy atom. The van der Waals surface area contributed by atoms with E-state index in [1.54, 1.807) is 11.3 Å². The molecule has 2 aliphatic heterocycles. The molecule has 0 saturated carbocycles. The van der Waals surface area contributed by atoms with Gasteiger partial charge in [-0.25, -0.2) is 4.98 Å². The molecule has 6 nitrogen and oxygen atoms in total. The van der Waals surface area contributed by atoms with E-state index in [1.165, 1.54) is 19.3 Å². The molecule has 4 rings (SSSR count). The van der Waals surface area contributed by atoms with Crippen molar-refractivity contribution < 1.29 is 9.53 Å². The van der Waals surface area contributed by atoms with E-state index < -0.39 is 0 Å². The summed E-state index contributed by atoms with van der Waals surface area (Å²) >= 11 is 1.69. The van der Waals surface area contributed by atoms with Gasteiger partial charge in [0.25, 0.3) is 0 Å². The topological polar surface area (TPSA) is 57.7 Å². The van der Waals surface area contributed by atoms with Crippen LogP contribution in [0.15, 0.2) is 18.2 Å². The van der Waals surface area contributed by atoms with Gasteiger partial charge in [0.05, 0.1) is 22.7 Å². The van der Waals surface area contributed by atoms with Crippen LogP contribution in [0, 0.1) is 5.92 Å². The first-order valence-electron chi connectivity index (χ1n) is 12.4. The van der Waals surface area contributed by atoms with Crippen molar-refractivity contribution in [1.29, 1.82) is 0 Å². The molecule has 0 unspecified atom stereocenters. The van der Waals surface area contributed by atoms with Crippen LogP contribution in [-0.4, -0.2) is 60.7 Å². The fraction of sp³-hybridized carbons (Fsp3) is 0.680. The number of anilines is 1. The second kappa shape index (κ2) is 10.8. The molecule has 0 spiro atoms. The molecule has 2 aromatic rings. The summed E-state index contributed by atoms with van der Waals surface area (Å²) in [6.07, 6.45) is 6.95. The maximum atomic E-state index is 12.9. The van der Waals surface area contributed by atoms with Crippen LogP contribution in [0.2, 0.25) is 0 Å². The predicted molar refractivity (Wildman–Crippen MR) is 133 cm³/mol. The van der Waals surface area contributed by atoms with Crippen molar-refractivity contribution in [2.24, 2.45) is 5.92 Å². The van der Waals surface area contributed by atoms with Gasteiger partial charge in [-0.2, -0.15) is 0 Å². The molecule has 0 aliphatic carbocycles. The Balaban J connectivity index is 1.28. The average molecular weight is 459 g/mol. The molecular formula is C25H38N4O2S. The number of nitrogens with zero attached hydrogens (tertiary/aromatic N) is 3. The van der Waals surface area contributed by atoms with Crippen LogP contribution in [0.3, 0.4) is 0 Å². The first-order chi connectivity index (χ1) is 15.5. The standard InChI is InChI=1S/C25H38N4O2S/c1-4-31-21-11-12-22-23(16-21)32-25(27-22)28-14-6-10-20(17-28)24(30)26-13-7-15-29-18(2)8-5-9-19(29)3/h11-12,16,18-20H,4-10,13-15,17H2,1-3H3,(H,26,30)/t18-,19-,20-/m0/s1. The maximum Gasteiger partial charge on any atom is 0.224 e. The molecule has 0 radical (unpaired) electrons. The highest BCUT2D eigenvalue weighted by molar-refractivity contribution is 7.22. The number of benzene rings is 1. The van der Waals surface area contributed by atoms with Crippen molar-refractivity contribution in [3.05, 3.63) is 18.2 Å². The van der Waals surface area contributed by atoms with Crippen LogP contribution in [-0.2, 0) is 4.79 Å². The number of likely N-dealkylation sites (tertiary alicyclic amines) is 1. The van der Waals surface area contributed by atoms with E-state index in [0.717, 1.165) is 66.5 Å². The number of aromatic nitrogens is 1. The Bertz CT molecular complexity index is 891. The van der Waals surface area contributed by atoms with Crippen LogP contribution in [0.25, 0.3) is 10.2 Å². The van der Waals surface area contributed by atoms with Crippen molar-refractivity contribution in [2.75, 3.05) is 37.7 Å². The Labute approximate surface area is 196 Å². The minimum atomic E-state index is 0.0441. The minimum absolute atomic E-state index is 0.0441. The summed E-state index contributed by atoms with van der Waals surface area (Å²) in [6.45, 7) is 10.9. The molecular weight excluding hydrogens is 420 g/mol. The van der Waals surface area contributed by atoms with E-state index in [2.05, 4.69) is 35.0 Å². The van der Waals surface area contributed by atoms with E-state index in [0.29, 0.717) is 18.7 Å². The van der Waals surface area contributed by atoms with Gasteiger partial charge >= 0.3 is 0 Å². The lowest BCUT2D eigenvalue weighted by Gasteiger charge is -2.39. The molecule has 32 heavy (non-hydrogen) atoms. The normalized spacial score (nSPS) is 24.6. The largest absolute Gasteiger partial charge is 0.494 e. The highest BCUT2D eigenvalue weighted by Crippen LogP contribution is 2.33. The van der Waals surface area contributed by atoms with Gasteiger partial charge < -0.3 is 15.0 Å². The van der Waals surface area contributed by atoms with Crippen LogP contribution in [0.1, 0.15) is 59.3 Å². The SMILES string of the molecule is CCOc1ccc2nc(N3CCC[C@H](C(=O)NCCCN4[C@@H](C)CCC[C@@H]4C)C3)sc2c1. The van der Waals surface area contributed by atoms with Gasteiger partial charge in [0, 0.05) is 38.3 Å². The molecule has 1 N–H and O–H groups in total. The summed E-state index contributed by atoms with van der Waals surface area (Å²) in [4.78, 5) is 22.6. The molecule has 2 aliphatic rings. The molecule has 2 saturated heterocycles. The average Bonchev–Trinajstić information content (AvgIpc) is 3.22. The number of rotatable bonds is 8. The monoisotopic (exact) mass is 458 g/mol. The van der Waals surface area contributed by atoms with Gasteiger partial charge in [-0.1, -0.05) is 17.8 Å². The molecule has 3 atom stereocenters. The van der Waals surface area contributed by atoms with Gasteiger partial charge in [-0.15, -0.1) is 0 Å². The highest BCUT2D eigenvalue weighted by atomic mass is 32.1. The number of hydrogen-bond acceptors (Lipinski definition) is 6. The van der Waals surface area contributed by atoms with Crippen molar-refractivity contribution in [3.8, 4) is 5.75 Å². The van der Waals surface area contributed by atoms with Gasteiger partial charge in [0.1, 0.15) is 5.75 Å². The third-order valence-corrected chi connectivity index (χ3v) is 8.07. The molecule has 176 valence electrons. The van der Waals surface area contributed by atoms with Crippen LogP contribution in [0.4, 0.5) is 5.13 Å². The summed E-state index contributed by atoms with van der Waals surface area (Å²) < 4.78 is 6.76. The molecule has 3 heterocycles. The Morgan fingerprint density at radius 3 is 2.81 bits per heavy atom. The maximum absolute atomic E-state index is 12.9. The van der Waals surface area contributed by atoms with Crippen LogP contribution < -0.4 is 15.0 Å². The lowest BCUT2D eigenvalue weighted by molar-refractivity contribution is -0.125. The van der Waals surface area contributed by atoms with Crippen molar-refractivity contribution in [1.82, 2.24) is 15.2 Å². The number of amides is 1. The number of piperidine rings is 2. The zero-order valence-electron chi connectivity index (χ0n) is 19.8. The quantitative estimate of drug-likeness (QED) is 0.582. The first-order valence-corrected chi connectivity index (χ1v) is 13.2. The number of carbonyl (C=O) groups excluding carboxylic acids is 1. The Hall–Kier alpha value is -1.86. The summed E-state index contributed by atoms with van der Waals surface area (Å²) in [5.74, 6) is 1.14. The zero-order valence-corrected chi connectivity index (χ0v) is 20.6. The lowest BCUT2D eigenvalue weighted by atomic mass is 9.97. The summed E-state index contributed by atoms with van der Waals surface area (Å²) in [5, 5.41) is 4.23. The number of hydrogen-bond donors (Lipinski definition) is 1. The van der Waals surface area contributed by atoms with Gasteiger partial charge in [-0.3, -0.25) is 9.69 Å².